The van der Waals surface area contributed by atoms with Gasteiger partial charge in [-0.2, -0.15) is 0 Å². The Labute approximate surface area is 87.7 Å². The van der Waals surface area contributed by atoms with Crippen LogP contribution in [-0.2, 0) is 6.54 Å². The number of rotatable bonds is 3. The number of benzene rings is 1. The first-order chi connectivity index (χ1) is 7.27. The van der Waals surface area contributed by atoms with Gasteiger partial charge in [-0.1, -0.05) is 12.1 Å². The van der Waals surface area contributed by atoms with Crippen LogP contribution in [0.15, 0.2) is 41.2 Å². The number of halogens is 1. The van der Waals surface area contributed by atoms with Crippen molar-refractivity contribution in [3.63, 3.8) is 0 Å². The summed E-state index contributed by atoms with van der Waals surface area (Å²) >= 11 is 0. The summed E-state index contributed by atoms with van der Waals surface area (Å²) in [6, 6.07) is 7.15. The van der Waals surface area contributed by atoms with Crippen LogP contribution in [0.1, 0.15) is 11.1 Å². The fourth-order valence-electron chi connectivity index (χ4n) is 1.37. The van der Waals surface area contributed by atoms with Gasteiger partial charge in [0.2, 0.25) is 0 Å². The maximum absolute atomic E-state index is 13.5. The van der Waals surface area contributed by atoms with E-state index in [0.717, 1.165) is 5.56 Å². The van der Waals surface area contributed by atoms with Crippen molar-refractivity contribution in [3.05, 3.63) is 53.7 Å². The summed E-state index contributed by atoms with van der Waals surface area (Å²) in [6.07, 6.45) is 3.24. The molecule has 78 valence electrons. The van der Waals surface area contributed by atoms with E-state index in [1.165, 1.54) is 0 Å². The van der Waals surface area contributed by atoms with Crippen molar-refractivity contribution in [1.29, 1.82) is 0 Å². The maximum Gasteiger partial charge on any atom is 0.149 e. The van der Waals surface area contributed by atoms with Gasteiger partial charge in [0.25, 0.3) is 0 Å². The molecule has 0 spiro atoms. The molecular formula is C12H12FNO. The zero-order chi connectivity index (χ0) is 10.7. The number of hydrogen-bond donors (Lipinski definition) is 1. The Morgan fingerprint density at radius 2 is 2.20 bits per heavy atom. The Bertz CT molecular complexity index is 437. The van der Waals surface area contributed by atoms with E-state index >= 15 is 0 Å². The van der Waals surface area contributed by atoms with Crippen molar-refractivity contribution in [2.24, 2.45) is 0 Å². The van der Waals surface area contributed by atoms with Crippen LogP contribution < -0.4 is 5.32 Å². The smallest absolute Gasteiger partial charge is 0.149 e. The molecule has 2 nitrogen and oxygen atoms in total. The molecule has 0 bridgehead atoms. The molecule has 2 aromatic rings. The summed E-state index contributed by atoms with van der Waals surface area (Å²) in [5, 5.41) is 3.02. The number of nitrogens with one attached hydrogen (secondary N) is 1. The van der Waals surface area contributed by atoms with Gasteiger partial charge < -0.3 is 9.73 Å². The van der Waals surface area contributed by atoms with Gasteiger partial charge in [0.1, 0.15) is 5.82 Å². The summed E-state index contributed by atoms with van der Waals surface area (Å²) < 4.78 is 18.5. The van der Waals surface area contributed by atoms with Crippen LogP contribution in [0.4, 0.5) is 10.1 Å². The fourth-order valence-corrected chi connectivity index (χ4v) is 1.37. The third-order valence-electron chi connectivity index (χ3n) is 2.25. The van der Waals surface area contributed by atoms with Crippen LogP contribution in [0.5, 0.6) is 0 Å². The van der Waals surface area contributed by atoms with Crippen LogP contribution in [-0.4, -0.2) is 0 Å². The standard InChI is InChI=1S/C12H12FNO/c1-9-3-2-4-11(12(9)13)14-7-10-5-6-15-8-10/h2-6,8,14H,7H2,1H3. The highest BCUT2D eigenvalue weighted by Crippen LogP contribution is 2.17. The van der Waals surface area contributed by atoms with Gasteiger partial charge in [-0.05, 0) is 24.6 Å². The number of anilines is 1. The van der Waals surface area contributed by atoms with Gasteiger partial charge in [-0.3, -0.25) is 0 Å². The molecule has 0 saturated carbocycles. The molecule has 0 aliphatic carbocycles. The lowest BCUT2D eigenvalue weighted by Gasteiger charge is -2.07. The summed E-state index contributed by atoms with van der Waals surface area (Å²) in [5.41, 5.74) is 2.17. The quantitative estimate of drug-likeness (QED) is 0.831. The van der Waals surface area contributed by atoms with Crippen molar-refractivity contribution in [2.75, 3.05) is 5.32 Å². The first kappa shape index (κ1) is 9.77. The molecule has 0 unspecified atom stereocenters. The lowest BCUT2D eigenvalue weighted by atomic mass is 10.2. The van der Waals surface area contributed by atoms with Crippen LogP contribution in [0.25, 0.3) is 0 Å². The molecule has 0 radical (unpaired) electrons. The molecule has 1 heterocycles. The Kier molecular flexibility index (Phi) is 2.72. The van der Waals surface area contributed by atoms with E-state index in [4.69, 9.17) is 4.42 Å². The van der Waals surface area contributed by atoms with Crippen molar-refractivity contribution in [2.45, 2.75) is 13.5 Å². The van der Waals surface area contributed by atoms with Gasteiger partial charge in [0.05, 0.1) is 18.2 Å². The summed E-state index contributed by atoms with van der Waals surface area (Å²) in [6.45, 7) is 2.31. The Morgan fingerprint density at radius 1 is 1.33 bits per heavy atom. The van der Waals surface area contributed by atoms with Crippen LogP contribution >= 0.6 is 0 Å². The average molecular weight is 205 g/mol. The molecule has 1 aromatic heterocycles. The molecule has 0 amide bonds. The largest absolute Gasteiger partial charge is 0.472 e. The second kappa shape index (κ2) is 4.17. The highest BCUT2D eigenvalue weighted by molar-refractivity contribution is 5.47. The predicted molar refractivity (Wildman–Crippen MR) is 57.2 cm³/mol. The molecule has 1 aromatic carbocycles. The van der Waals surface area contributed by atoms with E-state index in [1.807, 2.05) is 12.1 Å². The van der Waals surface area contributed by atoms with Gasteiger partial charge in [0, 0.05) is 12.1 Å². The summed E-state index contributed by atoms with van der Waals surface area (Å²) in [7, 11) is 0. The van der Waals surface area contributed by atoms with Crippen molar-refractivity contribution < 1.29 is 8.81 Å². The molecular weight excluding hydrogens is 193 g/mol. The average Bonchev–Trinajstić information content (AvgIpc) is 2.73. The molecule has 2 rings (SSSR count). The molecule has 1 N–H and O–H groups in total. The summed E-state index contributed by atoms with van der Waals surface area (Å²) in [4.78, 5) is 0. The zero-order valence-electron chi connectivity index (χ0n) is 8.46. The first-order valence-electron chi connectivity index (χ1n) is 4.77. The van der Waals surface area contributed by atoms with Crippen LogP contribution in [0, 0.1) is 12.7 Å². The molecule has 0 saturated heterocycles. The van der Waals surface area contributed by atoms with E-state index in [1.54, 1.807) is 31.6 Å². The normalized spacial score (nSPS) is 10.3. The van der Waals surface area contributed by atoms with Crippen molar-refractivity contribution in [3.8, 4) is 0 Å². The zero-order valence-corrected chi connectivity index (χ0v) is 8.46. The van der Waals surface area contributed by atoms with Crippen LogP contribution in [0.3, 0.4) is 0 Å². The van der Waals surface area contributed by atoms with Gasteiger partial charge in [0.15, 0.2) is 0 Å². The molecule has 0 aliphatic rings. The van der Waals surface area contributed by atoms with E-state index < -0.39 is 0 Å². The summed E-state index contributed by atoms with van der Waals surface area (Å²) in [5.74, 6) is -0.194. The number of hydrogen-bond acceptors (Lipinski definition) is 2. The Balaban J connectivity index is 2.08. The van der Waals surface area contributed by atoms with Crippen molar-refractivity contribution >= 4 is 5.69 Å². The second-order valence-corrected chi connectivity index (χ2v) is 3.42. The topological polar surface area (TPSA) is 25.2 Å². The maximum atomic E-state index is 13.5. The Morgan fingerprint density at radius 3 is 2.93 bits per heavy atom. The molecule has 0 fully saturated rings. The lowest BCUT2D eigenvalue weighted by molar-refractivity contribution is 0.564. The van der Waals surface area contributed by atoms with Gasteiger partial charge >= 0.3 is 0 Å². The highest BCUT2D eigenvalue weighted by Gasteiger charge is 2.03. The van der Waals surface area contributed by atoms with Gasteiger partial charge in [-0.25, -0.2) is 4.39 Å². The van der Waals surface area contributed by atoms with Crippen LogP contribution in [0.2, 0.25) is 0 Å². The van der Waals surface area contributed by atoms with E-state index in [9.17, 15) is 4.39 Å². The number of aryl methyl sites for hydroxylation is 1. The third kappa shape index (κ3) is 2.18. The monoisotopic (exact) mass is 205 g/mol. The lowest BCUT2D eigenvalue weighted by Crippen LogP contribution is -2.01. The predicted octanol–water partition coefficient (Wildman–Crippen LogP) is 3.34. The van der Waals surface area contributed by atoms with E-state index in [0.29, 0.717) is 17.8 Å². The third-order valence-corrected chi connectivity index (χ3v) is 2.25. The van der Waals surface area contributed by atoms with Crippen molar-refractivity contribution in [1.82, 2.24) is 0 Å². The fraction of sp³-hybridized carbons (Fsp3) is 0.167. The molecule has 0 aliphatic heterocycles. The highest BCUT2D eigenvalue weighted by atomic mass is 19.1. The molecule has 3 heteroatoms. The Hall–Kier alpha value is -1.77. The van der Waals surface area contributed by atoms with E-state index in [2.05, 4.69) is 5.32 Å². The minimum absolute atomic E-state index is 0.194. The second-order valence-electron chi connectivity index (χ2n) is 3.42. The number of furan rings is 1. The molecule has 0 atom stereocenters. The SMILES string of the molecule is Cc1cccc(NCc2ccoc2)c1F. The minimum Gasteiger partial charge on any atom is -0.472 e. The molecule has 15 heavy (non-hydrogen) atoms. The minimum atomic E-state index is -0.194. The van der Waals surface area contributed by atoms with Gasteiger partial charge in [-0.15, -0.1) is 0 Å². The first-order valence-corrected chi connectivity index (χ1v) is 4.77. The van der Waals surface area contributed by atoms with E-state index in [-0.39, 0.29) is 5.82 Å².